The average Bonchev–Trinajstić information content (AvgIpc) is 2.47. The summed E-state index contributed by atoms with van der Waals surface area (Å²) in [5.41, 5.74) is -1.68. The zero-order chi connectivity index (χ0) is 21.0. The SMILES string of the molecule is CCCCC(=O)CCC(=O)CC(C)C(C)(C)C(C)(S(=O)(=O)O)S(=O)(=O)O. The maximum Gasteiger partial charge on any atom is 0.288 e. The van der Waals surface area contributed by atoms with E-state index in [2.05, 4.69) is 0 Å². The van der Waals surface area contributed by atoms with Crippen LogP contribution < -0.4 is 0 Å². The van der Waals surface area contributed by atoms with Crippen molar-refractivity contribution in [3.05, 3.63) is 0 Å². The molecule has 0 bridgehead atoms. The molecule has 10 heteroatoms. The van der Waals surface area contributed by atoms with Gasteiger partial charge in [-0.15, -0.1) is 0 Å². The highest BCUT2D eigenvalue weighted by atomic mass is 32.3. The van der Waals surface area contributed by atoms with E-state index >= 15 is 0 Å². The molecule has 154 valence electrons. The number of rotatable bonds is 12. The van der Waals surface area contributed by atoms with E-state index in [1.54, 1.807) is 0 Å². The third-order valence-corrected chi connectivity index (χ3v) is 9.70. The van der Waals surface area contributed by atoms with Gasteiger partial charge in [0.25, 0.3) is 20.2 Å². The van der Waals surface area contributed by atoms with Gasteiger partial charge in [0.15, 0.2) is 0 Å². The molecule has 0 rings (SSSR count). The van der Waals surface area contributed by atoms with Crippen LogP contribution in [0.25, 0.3) is 0 Å². The Morgan fingerprint density at radius 3 is 1.69 bits per heavy atom. The lowest BCUT2D eigenvalue weighted by molar-refractivity contribution is -0.125. The standard InChI is InChI=1S/C16H30O8S2/c1-6-7-8-13(17)9-10-14(18)11-12(2)15(3,4)16(5,25(19,20)21)26(22,23)24/h12H,6-11H2,1-5H3,(H,19,20,21)(H,22,23,24). The van der Waals surface area contributed by atoms with Gasteiger partial charge in [0.1, 0.15) is 11.6 Å². The van der Waals surface area contributed by atoms with Gasteiger partial charge in [0, 0.05) is 31.1 Å². The molecule has 0 radical (unpaired) electrons. The molecule has 0 spiro atoms. The molecule has 1 unspecified atom stereocenters. The molecule has 0 aliphatic heterocycles. The highest BCUT2D eigenvalue weighted by Gasteiger charge is 2.62. The van der Waals surface area contributed by atoms with Crippen molar-refractivity contribution in [3.63, 3.8) is 0 Å². The maximum absolute atomic E-state index is 12.1. The Hall–Kier alpha value is -0.840. The lowest BCUT2D eigenvalue weighted by Gasteiger charge is -2.42. The van der Waals surface area contributed by atoms with Crippen LogP contribution >= 0.6 is 0 Å². The van der Waals surface area contributed by atoms with Gasteiger partial charge in [-0.3, -0.25) is 18.7 Å². The molecule has 26 heavy (non-hydrogen) atoms. The highest BCUT2D eigenvalue weighted by molar-refractivity contribution is 8.05. The van der Waals surface area contributed by atoms with Gasteiger partial charge >= 0.3 is 0 Å². The monoisotopic (exact) mass is 414 g/mol. The first kappa shape index (κ1) is 25.2. The minimum atomic E-state index is -5.20. The highest BCUT2D eigenvalue weighted by Crippen LogP contribution is 2.47. The quantitative estimate of drug-likeness (QED) is 0.464. The van der Waals surface area contributed by atoms with E-state index in [0.29, 0.717) is 13.3 Å². The molecule has 2 N–H and O–H groups in total. The second-order valence-corrected chi connectivity index (χ2v) is 11.2. The lowest BCUT2D eigenvalue weighted by Crippen LogP contribution is -2.57. The molecule has 0 saturated heterocycles. The van der Waals surface area contributed by atoms with Crippen molar-refractivity contribution in [1.29, 1.82) is 0 Å². The fourth-order valence-electron chi connectivity index (χ4n) is 2.72. The van der Waals surface area contributed by atoms with Gasteiger partial charge in [-0.1, -0.05) is 34.1 Å². The zero-order valence-corrected chi connectivity index (χ0v) is 17.6. The van der Waals surface area contributed by atoms with Crippen LogP contribution in [0.5, 0.6) is 0 Å². The Labute approximate surface area is 156 Å². The van der Waals surface area contributed by atoms with Crippen LogP contribution in [0.1, 0.15) is 73.1 Å². The lowest BCUT2D eigenvalue weighted by atomic mass is 9.74. The van der Waals surface area contributed by atoms with Crippen molar-refractivity contribution in [2.75, 3.05) is 0 Å². The third-order valence-electron chi connectivity index (χ3n) is 5.41. The van der Waals surface area contributed by atoms with Crippen LogP contribution in [0.3, 0.4) is 0 Å². The average molecular weight is 415 g/mol. The summed E-state index contributed by atoms with van der Waals surface area (Å²) in [4.78, 5) is 23.8. The van der Waals surface area contributed by atoms with Crippen LogP contribution in [-0.2, 0) is 29.8 Å². The second-order valence-electron chi connectivity index (χ2n) is 7.40. The minimum Gasteiger partial charge on any atom is -0.300 e. The fourth-order valence-corrected chi connectivity index (χ4v) is 5.52. The molecule has 0 aromatic heterocycles. The Kier molecular flexibility index (Phi) is 8.61. The number of unbranched alkanes of at least 4 members (excludes halogenated alkanes) is 1. The first-order chi connectivity index (χ1) is 11.5. The number of carbonyl (C=O) groups excluding carboxylic acids is 2. The molecule has 0 aromatic rings. The number of carbonyl (C=O) groups is 2. The molecular weight excluding hydrogens is 384 g/mol. The zero-order valence-electron chi connectivity index (χ0n) is 16.0. The number of hydrogen-bond donors (Lipinski definition) is 2. The molecule has 0 aromatic carbocycles. The van der Waals surface area contributed by atoms with E-state index < -0.39 is 35.6 Å². The Bertz CT molecular complexity index is 687. The smallest absolute Gasteiger partial charge is 0.288 e. The van der Waals surface area contributed by atoms with Crippen LogP contribution in [0.4, 0.5) is 0 Å². The van der Waals surface area contributed by atoms with Crippen molar-refractivity contribution >= 4 is 31.8 Å². The molecule has 1 atom stereocenters. The van der Waals surface area contributed by atoms with Gasteiger partial charge in [-0.2, -0.15) is 16.8 Å². The Morgan fingerprint density at radius 2 is 1.31 bits per heavy atom. The van der Waals surface area contributed by atoms with Gasteiger partial charge in [0.05, 0.1) is 0 Å². The fraction of sp³-hybridized carbons (Fsp3) is 0.875. The first-order valence-electron chi connectivity index (χ1n) is 8.49. The van der Waals surface area contributed by atoms with Crippen molar-refractivity contribution in [2.24, 2.45) is 11.3 Å². The summed E-state index contributed by atoms with van der Waals surface area (Å²) in [6, 6.07) is 0. The number of Topliss-reactive ketones (excluding diaryl/α,β-unsaturated/α-hetero) is 2. The van der Waals surface area contributed by atoms with Crippen molar-refractivity contribution in [2.45, 2.75) is 77.2 Å². The van der Waals surface area contributed by atoms with Gasteiger partial charge in [0.2, 0.25) is 4.08 Å². The van der Waals surface area contributed by atoms with Crippen LogP contribution in [0, 0.1) is 11.3 Å². The van der Waals surface area contributed by atoms with Crippen LogP contribution in [0.15, 0.2) is 0 Å². The topological polar surface area (TPSA) is 143 Å². The van der Waals surface area contributed by atoms with Crippen LogP contribution in [0.2, 0.25) is 0 Å². The largest absolute Gasteiger partial charge is 0.300 e. The maximum atomic E-state index is 12.1. The predicted molar refractivity (Wildman–Crippen MR) is 97.8 cm³/mol. The van der Waals surface area contributed by atoms with E-state index in [0.717, 1.165) is 12.8 Å². The second kappa shape index (κ2) is 8.90. The molecule has 0 aliphatic carbocycles. The van der Waals surface area contributed by atoms with Gasteiger partial charge < -0.3 is 0 Å². The summed E-state index contributed by atoms with van der Waals surface area (Å²) in [6.07, 6.45) is 1.90. The third kappa shape index (κ3) is 5.58. The molecule has 0 amide bonds. The van der Waals surface area contributed by atoms with Crippen molar-refractivity contribution in [1.82, 2.24) is 0 Å². The van der Waals surface area contributed by atoms with E-state index in [4.69, 9.17) is 0 Å². The molecular formula is C16H30O8S2. The summed E-state index contributed by atoms with van der Waals surface area (Å²) in [5, 5.41) is 0. The summed E-state index contributed by atoms with van der Waals surface area (Å²) in [6.45, 7) is 6.62. The first-order valence-corrected chi connectivity index (χ1v) is 11.4. The molecule has 0 heterocycles. The number of ketones is 2. The van der Waals surface area contributed by atoms with E-state index in [1.165, 1.54) is 20.8 Å². The van der Waals surface area contributed by atoms with E-state index in [9.17, 15) is 35.5 Å². The molecule has 0 fully saturated rings. The summed E-state index contributed by atoms with van der Waals surface area (Å²) in [7, 11) is -10.4. The van der Waals surface area contributed by atoms with Crippen molar-refractivity contribution in [3.8, 4) is 0 Å². The van der Waals surface area contributed by atoms with Gasteiger partial charge in [-0.05, 0) is 19.3 Å². The minimum absolute atomic E-state index is 0.0164. The Balaban J connectivity index is 5.31. The van der Waals surface area contributed by atoms with Crippen LogP contribution in [-0.4, -0.2) is 41.6 Å². The van der Waals surface area contributed by atoms with Crippen molar-refractivity contribution < 1.29 is 35.5 Å². The molecule has 8 nitrogen and oxygen atoms in total. The Morgan fingerprint density at radius 1 is 0.885 bits per heavy atom. The predicted octanol–water partition coefficient (Wildman–Crippen LogP) is 2.64. The van der Waals surface area contributed by atoms with E-state index in [1.807, 2.05) is 6.92 Å². The summed E-state index contributed by atoms with van der Waals surface area (Å²) in [5.74, 6) is -1.16. The van der Waals surface area contributed by atoms with E-state index in [-0.39, 0.29) is 30.8 Å². The summed E-state index contributed by atoms with van der Waals surface area (Å²) >= 11 is 0. The number of hydrogen-bond acceptors (Lipinski definition) is 6. The molecule has 0 saturated carbocycles. The summed E-state index contributed by atoms with van der Waals surface area (Å²) < 4.78 is 63.0. The molecule has 0 aliphatic rings. The van der Waals surface area contributed by atoms with Gasteiger partial charge in [-0.25, -0.2) is 0 Å². The normalized spacial score (nSPS) is 14.9.